The molecular formula is C18H26N2O. The van der Waals surface area contributed by atoms with Crippen molar-refractivity contribution in [3.05, 3.63) is 58.4 Å². The van der Waals surface area contributed by atoms with Gasteiger partial charge in [-0.25, -0.2) is 0 Å². The highest BCUT2D eigenvalue weighted by Crippen LogP contribution is 2.18. The highest BCUT2D eigenvalue weighted by Gasteiger charge is 2.05. The fraction of sp³-hybridized carbons (Fsp3) is 0.444. The number of rotatable bonds is 7. The summed E-state index contributed by atoms with van der Waals surface area (Å²) in [7, 11) is 1.73. The summed E-state index contributed by atoms with van der Waals surface area (Å²) in [6.45, 7) is 10.0. The Hall–Kier alpha value is -1.58. The summed E-state index contributed by atoms with van der Waals surface area (Å²) >= 11 is 0. The molecule has 0 fully saturated rings. The molecule has 0 spiro atoms. The molecule has 2 aromatic rings. The molecule has 0 unspecified atom stereocenters. The summed E-state index contributed by atoms with van der Waals surface area (Å²) in [6.07, 6.45) is 4.38. The van der Waals surface area contributed by atoms with E-state index < -0.39 is 0 Å². The number of methoxy groups -OCH3 is 1. The van der Waals surface area contributed by atoms with Gasteiger partial charge in [0.15, 0.2) is 0 Å². The zero-order valence-corrected chi connectivity index (χ0v) is 13.6. The average Bonchev–Trinajstić information content (AvgIpc) is 2.87. The lowest BCUT2D eigenvalue weighted by molar-refractivity contribution is 0.199. The van der Waals surface area contributed by atoms with Gasteiger partial charge in [0.2, 0.25) is 0 Å². The van der Waals surface area contributed by atoms with Crippen molar-refractivity contribution in [2.75, 3.05) is 20.3 Å². The predicted molar refractivity (Wildman–Crippen MR) is 87.8 cm³/mol. The van der Waals surface area contributed by atoms with Crippen LogP contribution in [0, 0.1) is 20.8 Å². The van der Waals surface area contributed by atoms with Crippen molar-refractivity contribution in [1.82, 2.24) is 9.88 Å². The number of hydrogen-bond donors (Lipinski definition) is 1. The molecule has 3 heteroatoms. The molecule has 0 aliphatic rings. The van der Waals surface area contributed by atoms with Gasteiger partial charge < -0.3 is 14.6 Å². The van der Waals surface area contributed by atoms with E-state index in [0.29, 0.717) is 0 Å². The molecule has 21 heavy (non-hydrogen) atoms. The fourth-order valence-electron chi connectivity index (χ4n) is 2.74. The van der Waals surface area contributed by atoms with Gasteiger partial charge in [0.1, 0.15) is 0 Å². The lowest BCUT2D eigenvalue weighted by atomic mass is 10.00. The van der Waals surface area contributed by atoms with E-state index in [1.165, 1.54) is 27.8 Å². The quantitative estimate of drug-likeness (QED) is 0.791. The standard InChI is InChI=1S/C18H26N2O/c1-14-9-15(2)18(16(3)10-14)13-20-7-5-17(12-20)11-19-6-8-21-4/h5,7,9-10,12,19H,6,8,11,13H2,1-4H3. The minimum absolute atomic E-state index is 0.752. The number of aryl methyl sites for hydroxylation is 3. The first kappa shape index (κ1) is 15.8. The van der Waals surface area contributed by atoms with Gasteiger partial charge in [0.05, 0.1) is 6.61 Å². The minimum atomic E-state index is 0.752. The van der Waals surface area contributed by atoms with Crippen molar-refractivity contribution < 1.29 is 4.74 Å². The zero-order valence-electron chi connectivity index (χ0n) is 13.6. The lowest BCUT2D eigenvalue weighted by Crippen LogP contribution is -2.18. The molecule has 0 saturated heterocycles. The van der Waals surface area contributed by atoms with E-state index in [2.05, 4.69) is 61.2 Å². The van der Waals surface area contributed by atoms with Gasteiger partial charge in [-0.1, -0.05) is 17.7 Å². The number of nitrogens with one attached hydrogen (secondary N) is 1. The smallest absolute Gasteiger partial charge is 0.0587 e. The van der Waals surface area contributed by atoms with Crippen LogP contribution < -0.4 is 5.32 Å². The molecule has 1 aromatic carbocycles. The third kappa shape index (κ3) is 4.45. The van der Waals surface area contributed by atoms with Crippen molar-refractivity contribution >= 4 is 0 Å². The second-order valence-corrected chi connectivity index (χ2v) is 5.74. The van der Waals surface area contributed by atoms with Gasteiger partial charge >= 0.3 is 0 Å². The van der Waals surface area contributed by atoms with Gasteiger partial charge in [0, 0.05) is 39.1 Å². The van der Waals surface area contributed by atoms with E-state index in [1.807, 2.05) is 0 Å². The van der Waals surface area contributed by atoms with Crippen molar-refractivity contribution in [2.24, 2.45) is 0 Å². The van der Waals surface area contributed by atoms with Crippen molar-refractivity contribution in [3.8, 4) is 0 Å². The summed E-state index contributed by atoms with van der Waals surface area (Å²) in [5, 5.41) is 3.37. The Balaban J connectivity index is 1.99. The Morgan fingerprint density at radius 1 is 1.14 bits per heavy atom. The maximum Gasteiger partial charge on any atom is 0.0587 e. The number of hydrogen-bond acceptors (Lipinski definition) is 2. The molecule has 0 atom stereocenters. The van der Waals surface area contributed by atoms with E-state index >= 15 is 0 Å². The van der Waals surface area contributed by atoms with Crippen LogP contribution in [-0.4, -0.2) is 24.8 Å². The van der Waals surface area contributed by atoms with Gasteiger partial charge in [0.25, 0.3) is 0 Å². The highest BCUT2D eigenvalue weighted by atomic mass is 16.5. The molecule has 0 radical (unpaired) electrons. The van der Waals surface area contributed by atoms with Crippen LogP contribution in [0.25, 0.3) is 0 Å². The van der Waals surface area contributed by atoms with Crippen LogP contribution in [0.3, 0.4) is 0 Å². The number of benzene rings is 1. The highest BCUT2D eigenvalue weighted by molar-refractivity contribution is 5.37. The summed E-state index contributed by atoms with van der Waals surface area (Å²) < 4.78 is 7.29. The van der Waals surface area contributed by atoms with E-state index in [4.69, 9.17) is 4.74 Å². The first-order valence-corrected chi connectivity index (χ1v) is 7.51. The van der Waals surface area contributed by atoms with E-state index in [9.17, 15) is 0 Å². The SMILES string of the molecule is COCCNCc1ccn(Cc2c(C)cc(C)cc2C)c1. The van der Waals surface area contributed by atoms with Crippen LogP contribution in [0.1, 0.15) is 27.8 Å². The Morgan fingerprint density at radius 2 is 1.86 bits per heavy atom. The van der Waals surface area contributed by atoms with Gasteiger partial charge in [-0.15, -0.1) is 0 Å². The second kappa shape index (κ2) is 7.43. The summed E-state index contributed by atoms with van der Waals surface area (Å²) in [5.41, 5.74) is 6.83. The molecule has 1 aromatic heterocycles. The van der Waals surface area contributed by atoms with Gasteiger partial charge in [-0.3, -0.25) is 0 Å². The van der Waals surface area contributed by atoms with Crippen molar-refractivity contribution in [1.29, 1.82) is 0 Å². The fourth-order valence-corrected chi connectivity index (χ4v) is 2.74. The average molecular weight is 286 g/mol. The van der Waals surface area contributed by atoms with Crippen LogP contribution >= 0.6 is 0 Å². The van der Waals surface area contributed by atoms with Gasteiger partial charge in [-0.05, 0) is 49.1 Å². The van der Waals surface area contributed by atoms with Crippen molar-refractivity contribution in [2.45, 2.75) is 33.9 Å². The largest absolute Gasteiger partial charge is 0.383 e. The molecule has 0 aliphatic heterocycles. The molecule has 0 aliphatic carbocycles. The monoisotopic (exact) mass is 286 g/mol. The Bertz CT molecular complexity index is 564. The summed E-state index contributed by atoms with van der Waals surface area (Å²) in [5.74, 6) is 0. The zero-order chi connectivity index (χ0) is 15.2. The van der Waals surface area contributed by atoms with Crippen LogP contribution in [0.2, 0.25) is 0 Å². The maximum absolute atomic E-state index is 5.03. The second-order valence-electron chi connectivity index (χ2n) is 5.74. The van der Waals surface area contributed by atoms with Crippen LogP contribution in [0.4, 0.5) is 0 Å². The maximum atomic E-state index is 5.03. The van der Waals surface area contributed by atoms with Crippen LogP contribution in [-0.2, 0) is 17.8 Å². The third-order valence-corrected chi connectivity index (χ3v) is 3.80. The van der Waals surface area contributed by atoms with Gasteiger partial charge in [-0.2, -0.15) is 0 Å². The first-order chi connectivity index (χ1) is 10.1. The molecule has 3 nitrogen and oxygen atoms in total. The molecule has 1 N–H and O–H groups in total. The van der Waals surface area contributed by atoms with Crippen molar-refractivity contribution in [3.63, 3.8) is 0 Å². The number of aromatic nitrogens is 1. The van der Waals surface area contributed by atoms with Crippen LogP contribution in [0.15, 0.2) is 30.6 Å². The van der Waals surface area contributed by atoms with E-state index in [0.717, 1.165) is 26.2 Å². The summed E-state index contributed by atoms with van der Waals surface area (Å²) in [6, 6.07) is 6.71. The molecule has 0 amide bonds. The van der Waals surface area contributed by atoms with Crippen LogP contribution in [0.5, 0.6) is 0 Å². The molecule has 1 heterocycles. The summed E-state index contributed by atoms with van der Waals surface area (Å²) in [4.78, 5) is 0. The molecular weight excluding hydrogens is 260 g/mol. The molecule has 114 valence electrons. The normalized spacial score (nSPS) is 11.0. The van der Waals surface area contributed by atoms with E-state index in [1.54, 1.807) is 7.11 Å². The molecule has 0 saturated carbocycles. The topological polar surface area (TPSA) is 26.2 Å². The third-order valence-electron chi connectivity index (χ3n) is 3.80. The molecule has 2 rings (SSSR count). The molecule has 0 bridgehead atoms. The first-order valence-electron chi connectivity index (χ1n) is 7.51. The Labute approximate surface area is 127 Å². The number of ether oxygens (including phenoxy) is 1. The Kier molecular flexibility index (Phi) is 5.59. The Morgan fingerprint density at radius 3 is 2.52 bits per heavy atom. The predicted octanol–water partition coefficient (Wildman–Crippen LogP) is 3.20. The number of nitrogens with zero attached hydrogens (tertiary/aromatic N) is 1. The van der Waals surface area contributed by atoms with E-state index in [-0.39, 0.29) is 0 Å². The lowest BCUT2D eigenvalue weighted by Gasteiger charge is -2.12. The minimum Gasteiger partial charge on any atom is -0.383 e.